The number of nitrogens with one attached hydrogen (secondary N) is 1. The van der Waals surface area contributed by atoms with Gasteiger partial charge >= 0.3 is 0 Å². The summed E-state index contributed by atoms with van der Waals surface area (Å²) in [5.74, 6) is 0.760. The number of benzene rings is 1. The van der Waals surface area contributed by atoms with Gasteiger partial charge in [0.05, 0.1) is 12.3 Å². The quantitative estimate of drug-likeness (QED) is 0.480. The molecule has 5 heteroatoms. The fourth-order valence-electron chi connectivity index (χ4n) is 2.47. The summed E-state index contributed by atoms with van der Waals surface area (Å²) in [6.07, 6.45) is 6.54. The standard InChI is InChI=1S/C18H27N3O2/c1-2-3-13-23-17-7-5-15(14-16(17)19)6-8-18(22)21-11-4-9-20-10-12-21/h5-8,14,20H,2-4,9-13,19H2,1H3/b8-6-. The van der Waals surface area contributed by atoms with Gasteiger partial charge < -0.3 is 20.7 Å². The first-order valence-corrected chi connectivity index (χ1v) is 8.40. The summed E-state index contributed by atoms with van der Waals surface area (Å²) < 4.78 is 5.64. The van der Waals surface area contributed by atoms with Crippen molar-refractivity contribution in [3.63, 3.8) is 0 Å². The van der Waals surface area contributed by atoms with Gasteiger partial charge in [0.2, 0.25) is 5.91 Å². The van der Waals surface area contributed by atoms with Crippen molar-refractivity contribution in [2.75, 3.05) is 38.5 Å². The Hall–Kier alpha value is -2.01. The molecule has 1 aromatic carbocycles. The lowest BCUT2D eigenvalue weighted by molar-refractivity contribution is -0.125. The number of ether oxygens (including phenoxy) is 1. The number of unbranched alkanes of at least 4 members (excludes halogenated alkanes) is 1. The van der Waals surface area contributed by atoms with Crippen molar-refractivity contribution in [1.29, 1.82) is 0 Å². The Balaban J connectivity index is 1.93. The third-order valence-corrected chi connectivity index (χ3v) is 3.86. The molecule has 0 radical (unpaired) electrons. The van der Waals surface area contributed by atoms with E-state index < -0.39 is 0 Å². The number of hydrogen-bond acceptors (Lipinski definition) is 4. The molecule has 3 N–H and O–H groups in total. The zero-order valence-electron chi connectivity index (χ0n) is 13.9. The van der Waals surface area contributed by atoms with Gasteiger partial charge in [-0.3, -0.25) is 4.79 Å². The lowest BCUT2D eigenvalue weighted by Gasteiger charge is -2.17. The summed E-state index contributed by atoms with van der Waals surface area (Å²) in [7, 11) is 0. The molecule has 1 aliphatic heterocycles. The zero-order valence-corrected chi connectivity index (χ0v) is 13.9. The molecular weight excluding hydrogens is 290 g/mol. The molecule has 0 spiro atoms. The van der Waals surface area contributed by atoms with Crippen molar-refractivity contribution in [3.05, 3.63) is 29.8 Å². The number of nitrogens with two attached hydrogens (primary N) is 1. The van der Waals surface area contributed by atoms with Crippen molar-refractivity contribution < 1.29 is 9.53 Å². The second kappa shape index (κ2) is 9.20. The minimum Gasteiger partial charge on any atom is -0.491 e. The van der Waals surface area contributed by atoms with Crippen LogP contribution in [0.1, 0.15) is 31.7 Å². The van der Waals surface area contributed by atoms with E-state index in [0.29, 0.717) is 18.0 Å². The zero-order chi connectivity index (χ0) is 16.5. The van der Waals surface area contributed by atoms with Gasteiger partial charge in [-0.25, -0.2) is 0 Å². The van der Waals surface area contributed by atoms with Gasteiger partial charge in [0.25, 0.3) is 0 Å². The molecule has 1 fully saturated rings. The molecule has 1 saturated heterocycles. The van der Waals surface area contributed by atoms with E-state index in [1.165, 1.54) is 0 Å². The lowest BCUT2D eigenvalue weighted by atomic mass is 10.1. The van der Waals surface area contributed by atoms with E-state index in [0.717, 1.165) is 51.0 Å². The van der Waals surface area contributed by atoms with Gasteiger partial charge in [-0.15, -0.1) is 0 Å². The Labute approximate surface area is 138 Å². The molecule has 23 heavy (non-hydrogen) atoms. The maximum absolute atomic E-state index is 12.2. The summed E-state index contributed by atoms with van der Waals surface area (Å²) in [5, 5.41) is 3.29. The molecule has 1 aromatic rings. The third kappa shape index (κ3) is 5.60. The number of carbonyl (C=O) groups excluding carboxylic acids is 1. The molecule has 1 aliphatic rings. The minimum absolute atomic E-state index is 0.0514. The van der Waals surface area contributed by atoms with Crippen LogP contribution in [-0.2, 0) is 4.79 Å². The van der Waals surface area contributed by atoms with E-state index in [-0.39, 0.29) is 5.91 Å². The van der Waals surface area contributed by atoms with E-state index in [1.54, 1.807) is 6.08 Å². The SMILES string of the molecule is CCCCOc1ccc(/C=C\C(=O)N2CCCNCC2)cc1N. The van der Waals surface area contributed by atoms with E-state index in [2.05, 4.69) is 12.2 Å². The average Bonchev–Trinajstić information content (AvgIpc) is 2.84. The molecular formula is C18H27N3O2. The van der Waals surface area contributed by atoms with Crippen LogP contribution < -0.4 is 15.8 Å². The summed E-state index contributed by atoms with van der Waals surface area (Å²) in [6, 6.07) is 5.63. The van der Waals surface area contributed by atoms with E-state index in [4.69, 9.17) is 10.5 Å². The fraction of sp³-hybridized carbons (Fsp3) is 0.500. The second-order valence-corrected chi connectivity index (χ2v) is 5.76. The maximum Gasteiger partial charge on any atom is 0.246 e. The number of hydrogen-bond donors (Lipinski definition) is 2. The number of anilines is 1. The number of amides is 1. The highest BCUT2D eigenvalue weighted by Gasteiger charge is 2.12. The van der Waals surface area contributed by atoms with Crippen LogP contribution in [0.4, 0.5) is 5.69 Å². The molecule has 1 amide bonds. The third-order valence-electron chi connectivity index (χ3n) is 3.86. The fourth-order valence-corrected chi connectivity index (χ4v) is 2.47. The summed E-state index contributed by atoms with van der Waals surface area (Å²) in [5.41, 5.74) is 7.53. The topological polar surface area (TPSA) is 67.6 Å². The number of rotatable bonds is 6. The molecule has 2 rings (SSSR count). The molecule has 0 atom stereocenters. The lowest BCUT2D eigenvalue weighted by Crippen LogP contribution is -2.32. The Kier molecular flexibility index (Phi) is 6.94. The highest BCUT2D eigenvalue weighted by molar-refractivity contribution is 5.92. The first-order chi connectivity index (χ1) is 11.2. The van der Waals surface area contributed by atoms with Gasteiger partial charge in [-0.05, 0) is 43.2 Å². The second-order valence-electron chi connectivity index (χ2n) is 5.76. The summed E-state index contributed by atoms with van der Waals surface area (Å²) in [6.45, 7) is 6.20. The monoisotopic (exact) mass is 317 g/mol. The molecule has 126 valence electrons. The van der Waals surface area contributed by atoms with Crippen molar-refractivity contribution in [2.24, 2.45) is 0 Å². The summed E-state index contributed by atoms with van der Waals surface area (Å²) in [4.78, 5) is 14.1. The van der Waals surface area contributed by atoms with E-state index in [1.807, 2.05) is 29.2 Å². The number of carbonyl (C=O) groups is 1. The molecule has 5 nitrogen and oxygen atoms in total. The number of nitrogen functional groups attached to an aromatic ring is 1. The van der Waals surface area contributed by atoms with Crippen molar-refractivity contribution in [2.45, 2.75) is 26.2 Å². The Morgan fingerprint density at radius 1 is 1.39 bits per heavy atom. The van der Waals surface area contributed by atoms with Crippen LogP contribution in [-0.4, -0.2) is 43.6 Å². The Morgan fingerprint density at radius 2 is 2.26 bits per heavy atom. The molecule has 1 heterocycles. The van der Waals surface area contributed by atoms with Gasteiger partial charge in [-0.2, -0.15) is 0 Å². The normalized spacial score (nSPS) is 15.6. The van der Waals surface area contributed by atoms with Gasteiger partial charge in [-0.1, -0.05) is 19.4 Å². The van der Waals surface area contributed by atoms with Crippen molar-refractivity contribution >= 4 is 17.7 Å². The Bertz CT molecular complexity index is 535. The van der Waals surface area contributed by atoms with Crippen LogP contribution in [0.25, 0.3) is 6.08 Å². The minimum atomic E-state index is 0.0514. The molecule has 0 saturated carbocycles. The van der Waals surface area contributed by atoms with Crippen LogP contribution in [0.15, 0.2) is 24.3 Å². The van der Waals surface area contributed by atoms with Crippen molar-refractivity contribution in [3.8, 4) is 5.75 Å². The van der Waals surface area contributed by atoms with E-state index in [9.17, 15) is 4.79 Å². The van der Waals surface area contributed by atoms with E-state index >= 15 is 0 Å². The first-order valence-electron chi connectivity index (χ1n) is 8.40. The van der Waals surface area contributed by atoms with Crippen LogP contribution >= 0.6 is 0 Å². The van der Waals surface area contributed by atoms with Crippen molar-refractivity contribution in [1.82, 2.24) is 10.2 Å². The first kappa shape index (κ1) is 17.3. The molecule has 0 bridgehead atoms. The highest BCUT2D eigenvalue weighted by Crippen LogP contribution is 2.23. The number of nitrogens with zero attached hydrogens (tertiary/aromatic N) is 1. The predicted octanol–water partition coefficient (Wildman–Crippen LogP) is 2.28. The van der Waals surface area contributed by atoms with Gasteiger partial charge in [0.15, 0.2) is 0 Å². The molecule has 0 aliphatic carbocycles. The largest absolute Gasteiger partial charge is 0.491 e. The maximum atomic E-state index is 12.2. The van der Waals surface area contributed by atoms with Crippen LogP contribution in [0.2, 0.25) is 0 Å². The van der Waals surface area contributed by atoms with Crippen LogP contribution in [0.3, 0.4) is 0 Å². The van der Waals surface area contributed by atoms with Gasteiger partial charge in [0.1, 0.15) is 5.75 Å². The van der Waals surface area contributed by atoms with Crippen LogP contribution in [0, 0.1) is 0 Å². The van der Waals surface area contributed by atoms with Crippen LogP contribution in [0.5, 0.6) is 5.75 Å². The molecule has 0 aromatic heterocycles. The summed E-state index contributed by atoms with van der Waals surface area (Å²) >= 11 is 0. The average molecular weight is 317 g/mol. The smallest absolute Gasteiger partial charge is 0.246 e. The molecule has 0 unspecified atom stereocenters. The van der Waals surface area contributed by atoms with Gasteiger partial charge in [0, 0.05) is 25.7 Å². The highest BCUT2D eigenvalue weighted by atomic mass is 16.5. The predicted molar refractivity (Wildman–Crippen MR) is 94.4 cm³/mol. The Morgan fingerprint density at radius 3 is 3.04 bits per heavy atom.